The van der Waals surface area contributed by atoms with Crippen LogP contribution in [-0.2, 0) is 14.8 Å². The van der Waals surface area contributed by atoms with E-state index in [0.29, 0.717) is 21.2 Å². The number of rotatable bonds is 5. The molecular weight excluding hydrogens is 481 g/mol. The first kappa shape index (κ1) is 23.5. The maximum atomic E-state index is 14.1. The molecule has 0 spiro atoms. The number of halogens is 2. The Morgan fingerprint density at radius 2 is 1.45 bits per heavy atom. The molecule has 1 unspecified atom stereocenters. The predicted octanol–water partition coefficient (Wildman–Crippen LogP) is 6.19. The van der Waals surface area contributed by atoms with E-state index in [0.717, 1.165) is 5.56 Å². The van der Waals surface area contributed by atoms with Crippen LogP contribution in [0.15, 0.2) is 89.3 Å². The molecule has 0 aromatic heterocycles. The van der Waals surface area contributed by atoms with E-state index in [4.69, 9.17) is 23.2 Å². The summed E-state index contributed by atoms with van der Waals surface area (Å²) in [5, 5.41) is 11.0. The molecular formula is C25H21Cl2NO4S. The van der Waals surface area contributed by atoms with Crippen LogP contribution >= 0.6 is 23.2 Å². The van der Waals surface area contributed by atoms with Crippen molar-refractivity contribution in [2.45, 2.75) is 30.3 Å². The van der Waals surface area contributed by atoms with Gasteiger partial charge in [-0.1, -0.05) is 71.7 Å². The number of aliphatic carboxylic acids is 1. The normalized spacial score (nSPS) is 19.2. The van der Waals surface area contributed by atoms with Crippen molar-refractivity contribution < 1.29 is 18.3 Å². The molecule has 5 nitrogen and oxygen atoms in total. The lowest BCUT2D eigenvalue weighted by molar-refractivity contribution is -0.133. The zero-order valence-electron chi connectivity index (χ0n) is 17.7. The number of sulfonamides is 1. The molecule has 3 aromatic carbocycles. The van der Waals surface area contributed by atoms with E-state index in [1.807, 2.05) is 0 Å². The molecule has 1 heterocycles. The minimum Gasteiger partial charge on any atom is -0.478 e. The zero-order chi connectivity index (χ0) is 23.8. The van der Waals surface area contributed by atoms with E-state index in [1.165, 1.54) is 4.31 Å². The molecule has 0 amide bonds. The van der Waals surface area contributed by atoms with Gasteiger partial charge in [0, 0.05) is 10.0 Å². The van der Waals surface area contributed by atoms with Crippen LogP contribution in [0, 0.1) is 6.92 Å². The average Bonchev–Trinajstić information content (AvgIpc) is 2.79. The summed E-state index contributed by atoms with van der Waals surface area (Å²) < 4.78 is 29.6. The Hall–Kier alpha value is -2.64. The molecule has 0 bridgehead atoms. The third kappa shape index (κ3) is 4.57. The molecule has 0 saturated heterocycles. The van der Waals surface area contributed by atoms with Gasteiger partial charge in [-0.25, -0.2) is 13.2 Å². The lowest BCUT2D eigenvalue weighted by Crippen LogP contribution is -2.42. The first-order chi connectivity index (χ1) is 15.7. The van der Waals surface area contributed by atoms with Crippen molar-refractivity contribution in [2.24, 2.45) is 0 Å². The highest BCUT2D eigenvalue weighted by atomic mass is 35.5. The van der Waals surface area contributed by atoms with E-state index in [-0.39, 0.29) is 16.9 Å². The van der Waals surface area contributed by atoms with Gasteiger partial charge in [0.2, 0.25) is 10.0 Å². The third-order valence-electron chi connectivity index (χ3n) is 5.75. The molecule has 33 heavy (non-hydrogen) atoms. The van der Waals surface area contributed by atoms with Gasteiger partial charge in [0.15, 0.2) is 0 Å². The Balaban J connectivity index is 1.98. The summed E-state index contributed by atoms with van der Waals surface area (Å²) in [6.45, 7) is 1.72. The van der Waals surface area contributed by atoms with Gasteiger partial charge in [-0.05, 0) is 60.4 Å². The number of aryl methyl sites for hydroxylation is 1. The summed E-state index contributed by atoms with van der Waals surface area (Å²) in [4.78, 5) is 12.4. The predicted molar refractivity (Wildman–Crippen MR) is 129 cm³/mol. The van der Waals surface area contributed by atoms with E-state index >= 15 is 0 Å². The fraction of sp³-hybridized carbons (Fsp3) is 0.160. The van der Waals surface area contributed by atoms with Gasteiger partial charge in [-0.2, -0.15) is 4.31 Å². The van der Waals surface area contributed by atoms with Crippen molar-refractivity contribution >= 4 is 39.2 Å². The lowest BCUT2D eigenvalue weighted by Gasteiger charge is -2.41. The second-order valence-corrected chi connectivity index (χ2v) is 10.5. The highest BCUT2D eigenvalue weighted by Crippen LogP contribution is 2.46. The molecule has 0 saturated carbocycles. The minimum absolute atomic E-state index is 0.000282. The van der Waals surface area contributed by atoms with Crippen molar-refractivity contribution in [3.05, 3.63) is 111 Å². The Morgan fingerprint density at radius 1 is 0.909 bits per heavy atom. The number of carboxylic acids is 1. The number of hydrogen-bond acceptors (Lipinski definition) is 3. The van der Waals surface area contributed by atoms with E-state index in [2.05, 4.69) is 0 Å². The van der Waals surface area contributed by atoms with Crippen LogP contribution in [0.1, 0.15) is 35.2 Å². The minimum atomic E-state index is -4.11. The van der Waals surface area contributed by atoms with Gasteiger partial charge < -0.3 is 5.11 Å². The Morgan fingerprint density at radius 3 is 2.00 bits per heavy atom. The number of carboxylic acid groups (broad SMARTS) is 1. The molecule has 3 aromatic rings. The molecule has 8 heteroatoms. The average molecular weight is 502 g/mol. The van der Waals surface area contributed by atoms with E-state index < -0.39 is 28.1 Å². The van der Waals surface area contributed by atoms with Gasteiger partial charge in [0.1, 0.15) is 0 Å². The molecule has 4 rings (SSSR count). The van der Waals surface area contributed by atoms with Crippen LogP contribution in [0.2, 0.25) is 10.0 Å². The van der Waals surface area contributed by atoms with Crippen molar-refractivity contribution in [3.63, 3.8) is 0 Å². The number of hydrogen-bond donors (Lipinski definition) is 1. The van der Waals surface area contributed by atoms with E-state index in [9.17, 15) is 18.3 Å². The SMILES string of the molecule is Cc1ccccc1S(=O)(=O)N1C(c2ccc(Cl)cc2)CC=C(C(=O)O)[C@@H]1c1ccc(Cl)cc1. The molecule has 1 aliphatic heterocycles. The van der Waals surface area contributed by atoms with Crippen LogP contribution in [0.3, 0.4) is 0 Å². The van der Waals surface area contributed by atoms with Crippen LogP contribution in [0.4, 0.5) is 0 Å². The van der Waals surface area contributed by atoms with Crippen molar-refractivity contribution in [3.8, 4) is 0 Å². The summed E-state index contributed by atoms with van der Waals surface area (Å²) in [6, 6.07) is 18.5. The van der Waals surface area contributed by atoms with Crippen molar-refractivity contribution in [1.29, 1.82) is 0 Å². The lowest BCUT2D eigenvalue weighted by atomic mass is 9.89. The van der Waals surface area contributed by atoms with Gasteiger partial charge in [0.25, 0.3) is 0 Å². The van der Waals surface area contributed by atoms with Crippen LogP contribution in [0.25, 0.3) is 0 Å². The monoisotopic (exact) mass is 501 g/mol. The molecule has 1 N–H and O–H groups in total. The first-order valence-electron chi connectivity index (χ1n) is 10.2. The van der Waals surface area contributed by atoms with E-state index in [1.54, 1.807) is 85.8 Å². The maximum Gasteiger partial charge on any atom is 0.333 e. The summed E-state index contributed by atoms with van der Waals surface area (Å²) in [5.74, 6) is -1.17. The third-order valence-corrected chi connectivity index (χ3v) is 8.29. The number of carbonyl (C=O) groups is 1. The summed E-state index contributed by atoms with van der Waals surface area (Å²) >= 11 is 12.1. The Bertz CT molecular complexity index is 1320. The second kappa shape index (κ2) is 9.31. The van der Waals surface area contributed by atoms with Crippen LogP contribution in [-0.4, -0.2) is 23.8 Å². The highest BCUT2D eigenvalue weighted by molar-refractivity contribution is 7.89. The molecule has 2 atom stereocenters. The standard InChI is InChI=1S/C25H21Cl2NO4S/c1-16-4-2-3-5-23(16)33(31,32)28-22(17-6-10-19(26)11-7-17)15-14-21(25(29)30)24(28)18-8-12-20(27)13-9-18/h2-14,22,24H,15H2,1H3,(H,29,30)/t22?,24-/m0/s1. The Kier molecular flexibility index (Phi) is 6.64. The summed E-state index contributed by atoms with van der Waals surface area (Å²) in [7, 11) is -4.11. The molecule has 1 aliphatic rings. The van der Waals surface area contributed by atoms with Crippen molar-refractivity contribution in [2.75, 3.05) is 0 Å². The summed E-state index contributed by atoms with van der Waals surface area (Å²) in [6.07, 6.45) is 1.81. The molecule has 0 radical (unpaired) electrons. The highest BCUT2D eigenvalue weighted by Gasteiger charge is 2.44. The second-order valence-electron chi connectivity index (χ2n) is 7.82. The van der Waals surface area contributed by atoms with Crippen molar-refractivity contribution in [1.82, 2.24) is 4.31 Å². The molecule has 0 fully saturated rings. The number of benzene rings is 3. The Labute approximate surface area is 202 Å². The molecule has 0 aliphatic carbocycles. The molecule has 170 valence electrons. The largest absolute Gasteiger partial charge is 0.478 e. The number of nitrogens with zero attached hydrogens (tertiary/aromatic N) is 1. The first-order valence-corrected chi connectivity index (χ1v) is 12.4. The maximum absolute atomic E-state index is 14.1. The van der Waals surface area contributed by atoms with Gasteiger partial charge >= 0.3 is 5.97 Å². The van der Waals surface area contributed by atoms with Gasteiger partial charge in [-0.15, -0.1) is 0 Å². The van der Waals surface area contributed by atoms with Gasteiger partial charge in [-0.3, -0.25) is 0 Å². The van der Waals surface area contributed by atoms with Crippen LogP contribution < -0.4 is 0 Å². The summed E-state index contributed by atoms with van der Waals surface area (Å²) in [5.41, 5.74) is 1.81. The smallest absolute Gasteiger partial charge is 0.333 e. The van der Waals surface area contributed by atoms with Crippen LogP contribution in [0.5, 0.6) is 0 Å². The fourth-order valence-corrected chi connectivity index (χ4v) is 6.44. The van der Waals surface area contributed by atoms with Gasteiger partial charge in [0.05, 0.1) is 22.6 Å². The topological polar surface area (TPSA) is 74.7 Å². The quantitative estimate of drug-likeness (QED) is 0.452. The fourth-order valence-electron chi connectivity index (χ4n) is 4.18. The zero-order valence-corrected chi connectivity index (χ0v) is 20.0.